The number of nitrogens with zero attached hydrogens (tertiary/aromatic N) is 1. The normalized spacial score (nSPS) is 10.4. The SMILES string of the molecule is O=C(Nc1cc2ccccc2nc1Br)OCc1ccccc1. The number of amides is 1. The summed E-state index contributed by atoms with van der Waals surface area (Å²) in [5.41, 5.74) is 2.38. The average molecular weight is 357 g/mol. The van der Waals surface area contributed by atoms with E-state index in [0.29, 0.717) is 10.3 Å². The van der Waals surface area contributed by atoms with Gasteiger partial charge in [-0.25, -0.2) is 9.78 Å². The summed E-state index contributed by atoms with van der Waals surface area (Å²) in [7, 11) is 0. The van der Waals surface area contributed by atoms with E-state index in [1.807, 2.05) is 60.7 Å². The third-order valence-corrected chi connectivity index (χ3v) is 3.73. The topological polar surface area (TPSA) is 51.2 Å². The van der Waals surface area contributed by atoms with Gasteiger partial charge in [-0.1, -0.05) is 48.5 Å². The number of fused-ring (bicyclic) bond motifs is 1. The lowest BCUT2D eigenvalue weighted by Gasteiger charge is -2.09. The van der Waals surface area contributed by atoms with Crippen molar-refractivity contribution in [1.29, 1.82) is 0 Å². The summed E-state index contributed by atoms with van der Waals surface area (Å²) < 4.78 is 5.77. The minimum atomic E-state index is -0.512. The number of hydrogen-bond donors (Lipinski definition) is 1. The third-order valence-electron chi connectivity index (χ3n) is 3.13. The van der Waals surface area contributed by atoms with Gasteiger partial charge in [0.1, 0.15) is 11.2 Å². The monoisotopic (exact) mass is 356 g/mol. The summed E-state index contributed by atoms with van der Waals surface area (Å²) in [6.07, 6.45) is -0.512. The summed E-state index contributed by atoms with van der Waals surface area (Å²) in [5.74, 6) is 0. The molecule has 0 unspecified atom stereocenters. The molecule has 0 saturated carbocycles. The largest absolute Gasteiger partial charge is 0.444 e. The number of aromatic nitrogens is 1. The van der Waals surface area contributed by atoms with Crippen LogP contribution in [0.4, 0.5) is 10.5 Å². The van der Waals surface area contributed by atoms with Crippen LogP contribution >= 0.6 is 15.9 Å². The number of carbonyl (C=O) groups is 1. The first kappa shape index (κ1) is 14.5. The minimum Gasteiger partial charge on any atom is -0.444 e. The van der Waals surface area contributed by atoms with Gasteiger partial charge in [-0.3, -0.25) is 5.32 Å². The highest BCUT2D eigenvalue weighted by molar-refractivity contribution is 9.10. The van der Waals surface area contributed by atoms with Gasteiger partial charge in [0.25, 0.3) is 0 Å². The van der Waals surface area contributed by atoms with Crippen molar-refractivity contribution in [2.45, 2.75) is 6.61 Å². The second kappa shape index (κ2) is 6.58. The predicted octanol–water partition coefficient (Wildman–Crippen LogP) is 4.75. The lowest BCUT2D eigenvalue weighted by Crippen LogP contribution is -2.14. The van der Waals surface area contributed by atoms with Gasteiger partial charge in [0.05, 0.1) is 11.2 Å². The van der Waals surface area contributed by atoms with Crippen molar-refractivity contribution in [3.63, 3.8) is 0 Å². The predicted molar refractivity (Wildman–Crippen MR) is 89.7 cm³/mol. The zero-order valence-electron chi connectivity index (χ0n) is 11.6. The van der Waals surface area contributed by atoms with E-state index < -0.39 is 6.09 Å². The quantitative estimate of drug-likeness (QED) is 0.689. The van der Waals surface area contributed by atoms with Crippen LogP contribution < -0.4 is 5.32 Å². The van der Waals surface area contributed by atoms with Crippen LogP contribution in [0.25, 0.3) is 10.9 Å². The first-order valence-corrected chi connectivity index (χ1v) is 7.55. The number of para-hydroxylation sites is 1. The number of benzene rings is 2. The highest BCUT2D eigenvalue weighted by Crippen LogP contribution is 2.25. The molecule has 0 aliphatic heterocycles. The Labute approximate surface area is 136 Å². The molecule has 1 heterocycles. The van der Waals surface area contributed by atoms with Crippen LogP contribution in [0.15, 0.2) is 65.3 Å². The van der Waals surface area contributed by atoms with Gasteiger partial charge in [0.2, 0.25) is 0 Å². The van der Waals surface area contributed by atoms with Crippen LogP contribution in [0.3, 0.4) is 0 Å². The molecule has 3 rings (SSSR count). The molecule has 110 valence electrons. The van der Waals surface area contributed by atoms with Crippen LogP contribution in [0.2, 0.25) is 0 Å². The summed E-state index contributed by atoms with van der Waals surface area (Å²) >= 11 is 3.36. The van der Waals surface area contributed by atoms with E-state index in [0.717, 1.165) is 16.5 Å². The fourth-order valence-corrected chi connectivity index (χ4v) is 2.45. The maximum absolute atomic E-state index is 11.9. The molecule has 1 amide bonds. The molecule has 0 atom stereocenters. The Hall–Kier alpha value is -2.40. The van der Waals surface area contributed by atoms with E-state index in [-0.39, 0.29) is 6.61 Å². The van der Waals surface area contributed by atoms with Gasteiger partial charge in [-0.05, 0) is 33.6 Å². The molecule has 0 aliphatic rings. The molecule has 0 saturated heterocycles. The number of hydrogen-bond acceptors (Lipinski definition) is 3. The molecule has 0 aliphatic carbocycles. The Bertz CT molecular complexity index is 806. The number of nitrogens with one attached hydrogen (secondary N) is 1. The molecule has 1 aromatic heterocycles. The van der Waals surface area contributed by atoms with E-state index in [1.165, 1.54) is 0 Å². The number of halogens is 1. The van der Waals surface area contributed by atoms with Gasteiger partial charge in [-0.2, -0.15) is 0 Å². The van der Waals surface area contributed by atoms with Crippen molar-refractivity contribution >= 4 is 38.6 Å². The molecule has 2 aromatic carbocycles. The Balaban J connectivity index is 1.70. The first-order chi connectivity index (χ1) is 10.7. The Kier molecular flexibility index (Phi) is 4.34. The zero-order valence-corrected chi connectivity index (χ0v) is 13.2. The number of rotatable bonds is 3. The molecule has 0 radical (unpaired) electrons. The van der Waals surface area contributed by atoms with E-state index in [2.05, 4.69) is 26.2 Å². The van der Waals surface area contributed by atoms with Gasteiger partial charge in [0, 0.05) is 5.39 Å². The molecule has 4 nitrogen and oxygen atoms in total. The molecular formula is C17H13BrN2O2. The van der Waals surface area contributed by atoms with Crippen molar-refractivity contribution in [3.8, 4) is 0 Å². The Morgan fingerprint density at radius 1 is 1.09 bits per heavy atom. The summed E-state index contributed by atoms with van der Waals surface area (Å²) in [6, 6.07) is 19.1. The van der Waals surface area contributed by atoms with Crippen molar-refractivity contribution < 1.29 is 9.53 Å². The lowest BCUT2D eigenvalue weighted by atomic mass is 10.2. The summed E-state index contributed by atoms with van der Waals surface area (Å²) in [5, 5.41) is 3.65. The molecule has 22 heavy (non-hydrogen) atoms. The minimum absolute atomic E-state index is 0.227. The van der Waals surface area contributed by atoms with Crippen molar-refractivity contribution in [2.24, 2.45) is 0 Å². The van der Waals surface area contributed by atoms with Crippen LogP contribution in [0.1, 0.15) is 5.56 Å². The Morgan fingerprint density at radius 3 is 2.64 bits per heavy atom. The molecule has 1 N–H and O–H groups in total. The van der Waals surface area contributed by atoms with Gasteiger partial charge in [-0.15, -0.1) is 0 Å². The molecule has 5 heteroatoms. The van der Waals surface area contributed by atoms with E-state index in [9.17, 15) is 4.79 Å². The number of pyridine rings is 1. The number of ether oxygens (including phenoxy) is 1. The Morgan fingerprint density at radius 2 is 1.82 bits per heavy atom. The standard InChI is InChI=1S/C17H13BrN2O2/c18-16-15(10-13-8-4-5-9-14(13)19-16)20-17(21)22-11-12-6-2-1-3-7-12/h1-10H,11H2,(H,20,21). The average Bonchev–Trinajstić information content (AvgIpc) is 2.55. The molecular weight excluding hydrogens is 344 g/mol. The maximum atomic E-state index is 11.9. The zero-order chi connectivity index (χ0) is 15.4. The first-order valence-electron chi connectivity index (χ1n) is 6.75. The number of carbonyl (C=O) groups excluding carboxylic acids is 1. The summed E-state index contributed by atoms with van der Waals surface area (Å²) in [6.45, 7) is 0.227. The summed E-state index contributed by atoms with van der Waals surface area (Å²) in [4.78, 5) is 16.3. The molecule has 0 spiro atoms. The fourth-order valence-electron chi connectivity index (χ4n) is 2.05. The molecule has 3 aromatic rings. The molecule has 0 bridgehead atoms. The van der Waals surface area contributed by atoms with E-state index >= 15 is 0 Å². The van der Waals surface area contributed by atoms with Crippen molar-refractivity contribution in [1.82, 2.24) is 4.98 Å². The maximum Gasteiger partial charge on any atom is 0.412 e. The van der Waals surface area contributed by atoms with Gasteiger partial charge >= 0.3 is 6.09 Å². The highest BCUT2D eigenvalue weighted by atomic mass is 79.9. The van der Waals surface area contributed by atoms with Crippen LogP contribution in [0, 0.1) is 0 Å². The van der Waals surface area contributed by atoms with Crippen LogP contribution in [-0.2, 0) is 11.3 Å². The second-order valence-electron chi connectivity index (χ2n) is 4.71. The van der Waals surface area contributed by atoms with Crippen LogP contribution in [-0.4, -0.2) is 11.1 Å². The van der Waals surface area contributed by atoms with Crippen LogP contribution in [0.5, 0.6) is 0 Å². The van der Waals surface area contributed by atoms with Crippen molar-refractivity contribution in [3.05, 3.63) is 70.8 Å². The fraction of sp³-hybridized carbons (Fsp3) is 0.0588. The van der Waals surface area contributed by atoms with Crippen molar-refractivity contribution in [2.75, 3.05) is 5.32 Å². The number of anilines is 1. The molecule has 0 fully saturated rings. The van der Waals surface area contributed by atoms with Gasteiger partial charge in [0.15, 0.2) is 0 Å². The smallest absolute Gasteiger partial charge is 0.412 e. The lowest BCUT2D eigenvalue weighted by molar-refractivity contribution is 0.155. The van der Waals surface area contributed by atoms with E-state index in [1.54, 1.807) is 0 Å². The second-order valence-corrected chi connectivity index (χ2v) is 5.46. The van der Waals surface area contributed by atoms with E-state index in [4.69, 9.17) is 4.74 Å². The third kappa shape index (κ3) is 3.43. The highest BCUT2D eigenvalue weighted by Gasteiger charge is 2.09. The van der Waals surface area contributed by atoms with Gasteiger partial charge < -0.3 is 4.74 Å².